The highest BCUT2D eigenvalue weighted by molar-refractivity contribution is 6.10. The number of aliphatic carboxylic acids is 2. The highest BCUT2D eigenvalue weighted by Gasteiger charge is 2.35. The van der Waals surface area contributed by atoms with Crippen molar-refractivity contribution in [2.75, 3.05) is 0 Å². The Morgan fingerprint density at radius 3 is 1.24 bits per heavy atom. The molecule has 0 radical (unpaired) electrons. The summed E-state index contributed by atoms with van der Waals surface area (Å²) in [4.78, 5) is 25.2. The van der Waals surface area contributed by atoms with Gasteiger partial charge in [0.15, 0.2) is 0 Å². The van der Waals surface area contributed by atoms with Gasteiger partial charge in [0.1, 0.15) is 34.8 Å². The van der Waals surface area contributed by atoms with Crippen LogP contribution in [0.5, 0.6) is 23.0 Å². The van der Waals surface area contributed by atoms with Gasteiger partial charge in [-0.15, -0.1) is 0 Å². The molecule has 0 amide bonds. The summed E-state index contributed by atoms with van der Waals surface area (Å²) in [6.45, 7) is 0. The second-order valence-corrected chi connectivity index (χ2v) is 13.7. The number of carboxylic acids is 2. The molecule has 0 bridgehead atoms. The van der Waals surface area contributed by atoms with E-state index in [0.29, 0.717) is 34.1 Å². The van der Waals surface area contributed by atoms with E-state index < -0.39 is 23.8 Å². The van der Waals surface area contributed by atoms with Gasteiger partial charge in [-0.2, -0.15) is 0 Å². The van der Waals surface area contributed by atoms with Gasteiger partial charge >= 0.3 is 11.9 Å². The molecule has 0 spiro atoms. The lowest BCUT2D eigenvalue weighted by atomic mass is 9.92. The predicted octanol–water partition coefficient (Wildman–Crippen LogP) is 11.6. The van der Waals surface area contributed by atoms with Crippen molar-refractivity contribution in [3.8, 4) is 56.4 Å². The average molecular weight is 703 g/mol. The number of hydrogen-bond acceptors (Lipinski definition) is 4. The summed E-state index contributed by atoms with van der Waals surface area (Å²) in [5.41, 5.74) is 8.16. The van der Waals surface area contributed by atoms with Gasteiger partial charge in [0.25, 0.3) is 0 Å². The molecule has 0 aliphatic heterocycles. The Labute approximate surface area is 310 Å². The molecule has 8 aromatic carbocycles. The van der Waals surface area contributed by atoms with Crippen molar-refractivity contribution in [3.63, 3.8) is 0 Å². The van der Waals surface area contributed by atoms with Gasteiger partial charge in [0, 0.05) is 11.1 Å². The molecular formula is C48H30O6. The molecular weight excluding hydrogens is 673 g/mol. The Morgan fingerprint density at radius 2 is 0.796 bits per heavy atom. The van der Waals surface area contributed by atoms with E-state index in [4.69, 9.17) is 9.47 Å². The van der Waals surface area contributed by atoms with E-state index in [1.165, 1.54) is 0 Å². The summed E-state index contributed by atoms with van der Waals surface area (Å²) in [5, 5.41) is 24.5. The van der Waals surface area contributed by atoms with Crippen LogP contribution in [-0.2, 0) is 9.59 Å². The van der Waals surface area contributed by atoms with Crippen LogP contribution in [0.3, 0.4) is 0 Å². The van der Waals surface area contributed by atoms with Crippen LogP contribution in [-0.4, -0.2) is 22.2 Å². The van der Waals surface area contributed by atoms with E-state index in [9.17, 15) is 19.8 Å². The first-order valence-corrected chi connectivity index (χ1v) is 17.8. The number of fused-ring (bicyclic) bond motifs is 8. The van der Waals surface area contributed by atoms with Gasteiger partial charge in [-0.1, -0.05) is 121 Å². The van der Waals surface area contributed by atoms with E-state index >= 15 is 0 Å². The second-order valence-electron chi connectivity index (χ2n) is 13.7. The largest absolute Gasteiger partial charge is 0.481 e. The minimum atomic E-state index is -0.910. The van der Waals surface area contributed by atoms with Gasteiger partial charge in [0.05, 0.1) is 0 Å². The zero-order chi connectivity index (χ0) is 36.5. The number of carbonyl (C=O) groups is 2. The molecule has 0 heterocycles. The second kappa shape index (κ2) is 12.2. The monoisotopic (exact) mass is 702 g/mol. The fourth-order valence-corrected chi connectivity index (χ4v) is 8.47. The van der Waals surface area contributed by atoms with Crippen LogP contribution in [0, 0.1) is 0 Å². The molecule has 2 atom stereocenters. The van der Waals surface area contributed by atoms with E-state index in [1.807, 2.05) is 133 Å². The number of rotatable bonds is 7. The maximum absolute atomic E-state index is 12.6. The Balaban J connectivity index is 1.13. The van der Waals surface area contributed by atoms with Crippen molar-refractivity contribution in [3.05, 3.63) is 180 Å². The van der Waals surface area contributed by atoms with Crippen molar-refractivity contribution < 1.29 is 29.3 Å². The maximum Gasteiger partial charge on any atom is 0.315 e. The summed E-state index contributed by atoms with van der Waals surface area (Å²) >= 11 is 0. The third kappa shape index (κ3) is 4.88. The SMILES string of the molecule is O=C(O)C1c2ccccc2-c2ccc(Oc3ccc4ccccc4c3-c3c(Oc4ccc5c(c4)C(C(=O)O)c4ccccc4-5)ccc4ccccc34)cc21. The first kappa shape index (κ1) is 31.5. The number of hydrogen-bond donors (Lipinski definition) is 2. The van der Waals surface area contributed by atoms with Crippen molar-refractivity contribution in [2.24, 2.45) is 0 Å². The summed E-state index contributed by atoms with van der Waals surface area (Å²) in [5.74, 6) is -1.22. The van der Waals surface area contributed by atoms with Gasteiger partial charge in [-0.05, 0) is 102 Å². The molecule has 8 aromatic rings. The molecule has 54 heavy (non-hydrogen) atoms. The topological polar surface area (TPSA) is 93.1 Å². The lowest BCUT2D eigenvalue weighted by molar-refractivity contribution is -0.138. The lowest BCUT2D eigenvalue weighted by Gasteiger charge is -2.20. The lowest BCUT2D eigenvalue weighted by Crippen LogP contribution is -2.10. The van der Waals surface area contributed by atoms with Gasteiger partial charge in [0.2, 0.25) is 0 Å². The third-order valence-electron chi connectivity index (χ3n) is 10.8. The number of ether oxygens (including phenoxy) is 2. The quantitative estimate of drug-likeness (QED) is 0.172. The zero-order valence-corrected chi connectivity index (χ0v) is 28.7. The standard InChI is InChI=1S/C48H30O6/c49-47(50)43-37-15-7-5-13-33(37)35-21-19-29(25-39(35)43)53-41-23-17-27-9-1-3-11-31(27)45(41)46-32-12-4-2-10-28(32)18-24-42(46)54-30-20-22-36-34-14-6-8-16-38(34)44(48(51)52)40(36)26-30/h1-26,43-44H,(H,49,50)(H,51,52). The number of carboxylic acid groups (broad SMARTS) is 2. The molecule has 2 N–H and O–H groups in total. The Hall–Kier alpha value is -7.18. The molecule has 0 fully saturated rings. The van der Waals surface area contributed by atoms with Gasteiger partial charge in [-0.3, -0.25) is 9.59 Å². The molecule has 2 aliphatic carbocycles. The van der Waals surface area contributed by atoms with Crippen molar-refractivity contribution in [2.45, 2.75) is 11.8 Å². The zero-order valence-electron chi connectivity index (χ0n) is 28.7. The Morgan fingerprint density at radius 1 is 0.407 bits per heavy atom. The van der Waals surface area contributed by atoms with Gasteiger partial charge in [-0.25, -0.2) is 0 Å². The van der Waals surface area contributed by atoms with Crippen LogP contribution in [0.2, 0.25) is 0 Å². The molecule has 0 aromatic heterocycles. The molecule has 6 heteroatoms. The van der Waals surface area contributed by atoms with Gasteiger partial charge < -0.3 is 19.7 Å². The van der Waals surface area contributed by atoms with Crippen LogP contribution in [0.4, 0.5) is 0 Å². The summed E-state index contributed by atoms with van der Waals surface area (Å²) in [6.07, 6.45) is 0. The van der Waals surface area contributed by atoms with E-state index in [1.54, 1.807) is 0 Å². The van der Waals surface area contributed by atoms with E-state index in [2.05, 4.69) is 24.3 Å². The van der Waals surface area contributed by atoms with Crippen molar-refractivity contribution >= 4 is 33.5 Å². The highest BCUT2D eigenvalue weighted by atomic mass is 16.5. The molecule has 6 nitrogen and oxygen atoms in total. The van der Waals surface area contributed by atoms with Crippen molar-refractivity contribution in [1.82, 2.24) is 0 Å². The van der Waals surface area contributed by atoms with Crippen LogP contribution in [0.15, 0.2) is 158 Å². The molecule has 258 valence electrons. The smallest absolute Gasteiger partial charge is 0.315 e. The van der Waals surface area contributed by atoms with E-state index in [-0.39, 0.29) is 0 Å². The normalized spacial score (nSPS) is 15.0. The van der Waals surface area contributed by atoms with Crippen LogP contribution in [0.1, 0.15) is 34.1 Å². The summed E-state index contributed by atoms with van der Waals surface area (Å²) in [7, 11) is 0. The fourth-order valence-electron chi connectivity index (χ4n) is 8.47. The van der Waals surface area contributed by atoms with Crippen LogP contribution in [0.25, 0.3) is 54.9 Å². The molecule has 2 aliphatic rings. The van der Waals surface area contributed by atoms with E-state index in [0.717, 1.165) is 66.1 Å². The molecule has 0 saturated heterocycles. The molecule has 2 unspecified atom stereocenters. The minimum absolute atomic E-state index is 0.518. The van der Waals surface area contributed by atoms with Crippen molar-refractivity contribution in [1.29, 1.82) is 0 Å². The van der Waals surface area contributed by atoms with Crippen LogP contribution < -0.4 is 9.47 Å². The van der Waals surface area contributed by atoms with Crippen LogP contribution >= 0.6 is 0 Å². The first-order chi connectivity index (χ1) is 26.4. The maximum atomic E-state index is 12.6. The first-order valence-electron chi connectivity index (χ1n) is 17.8. The predicted molar refractivity (Wildman–Crippen MR) is 210 cm³/mol. The third-order valence-corrected chi connectivity index (χ3v) is 10.8. The fraction of sp³-hybridized carbons (Fsp3) is 0.0417. The number of benzene rings is 8. The molecule has 0 saturated carbocycles. The molecule has 10 rings (SSSR count). The average Bonchev–Trinajstić information content (AvgIpc) is 3.70. The highest BCUT2D eigenvalue weighted by Crippen LogP contribution is 2.51. The summed E-state index contributed by atoms with van der Waals surface area (Å²) in [6, 6.07) is 50.8. The Kier molecular flexibility index (Phi) is 7.13. The summed E-state index contributed by atoms with van der Waals surface area (Å²) < 4.78 is 13.6. The minimum Gasteiger partial charge on any atom is -0.481 e. The Bertz CT molecular complexity index is 2680.